The van der Waals surface area contributed by atoms with E-state index in [0.29, 0.717) is 33.0 Å². The average Bonchev–Trinajstić information content (AvgIpc) is 3.27. The van der Waals surface area contributed by atoms with Crippen LogP contribution in [0.3, 0.4) is 0 Å². The maximum absolute atomic E-state index is 12.6. The van der Waals surface area contributed by atoms with Gasteiger partial charge in [-0.05, 0) is 30.3 Å². The minimum atomic E-state index is -0.460. The van der Waals surface area contributed by atoms with E-state index in [1.54, 1.807) is 34.9 Å². The zero-order valence-corrected chi connectivity index (χ0v) is 19.4. The second-order valence-corrected chi connectivity index (χ2v) is 8.32. The van der Waals surface area contributed by atoms with Crippen LogP contribution in [0.2, 0.25) is 5.02 Å². The third kappa shape index (κ3) is 5.19. The molecule has 0 saturated heterocycles. The van der Waals surface area contributed by atoms with Crippen molar-refractivity contribution in [2.75, 3.05) is 18.2 Å². The van der Waals surface area contributed by atoms with Crippen molar-refractivity contribution >= 4 is 40.6 Å². The van der Waals surface area contributed by atoms with Crippen LogP contribution in [-0.4, -0.2) is 38.5 Å². The van der Waals surface area contributed by atoms with Crippen molar-refractivity contribution in [2.24, 2.45) is 0 Å². The molecule has 4 rings (SSSR count). The Morgan fingerprint density at radius 1 is 1.12 bits per heavy atom. The Labute approximate surface area is 203 Å². The molecule has 0 aliphatic rings. The number of nitro groups is 1. The summed E-state index contributed by atoms with van der Waals surface area (Å²) >= 11 is 7.31. The summed E-state index contributed by atoms with van der Waals surface area (Å²) in [5.74, 6) is 0.743. The van der Waals surface area contributed by atoms with Gasteiger partial charge in [0.05, 0.1) is 22.8 Å². The SMILES string of the molecule is COc1ccc(NC(=O)CSc2nnc(-c3cccc([N+](=O)[O-])c3)n2-c2ccccc2)cc1Cl. The summed E-state index contributed by atoms with van der Waals surface area (Å²) in [6, 6.07) is 20.5. The fraction of sp³-hybridized carbons (Fsp3) is 0.0870. The number of rotatable bonds is 8. The van der Waals surface area contributed by atoms with E-state index < -0.39 is 4.92 Å². The van der Waals surface area contributed by atoms with Crippen molar-refractivity contribution in [1.29, 1.82) is 0 Å². The van der Waals surface area contributed by atoms with Gasteiger partial charge < -0.3 is 10.1 Å². The van der Waals surface area contributed by atoms with Crippen LogP contribution in [0.1, 0.15) is 0 Å². The minimum Gasteiger partial charge on any atom is -0.495 e. The Balaban J connectivity index is 1.59. The van der Waals surface area contributed by atoms with Gasteiger partial charge in [0.1, 0.15) is 5.75 Å². The molecule has 4 aromatic rings. The molecule has 1 heterocycles. The summed E-state index contributed by atoms with van der Waals surface area (Å²) < 4.78 is 6.89. The summed E-state index contributed by atoms with van der Waals surface area (Å²) in [5.41, 5.74) is 1.79. The van der Waals surface area contributed by atoms with Gasteiger partial charge in [0.15, 0.2) is 11.0 Å². The molecule has 1 amide bonds. The quantitative estimate of drug-likeness (QED) is 0.202. The van der Waals surface area contributed by atoms with Gasteiger partial charge in [0, 0.05) is 29.1 Å². The lowest BCUT2D eigenvalue weighted by atomic mass is 10.2. The van der Waals surface area contributed by atoms with Gasteiger partial charge in [0.2, 0.25) is 5.91 Å². The van der Waals surface area contributed by atoms with Gasteiger partial charge in [-0.3, -0.25) is 19.5 Å². The first-order valence-corrected chi connectivity index (χ1v) is 11.3. The smallest absolute Gasteiger partial charge is 0.270 e. The largest absolute Gasteiger partial charge is 0.495 e. The highest BCUT2D eigenvalue weighted by atomic mass is 35.5. The number of halogens is 1. The zero-order chi connectivity index (χ0) is 24.1. The molecule has 0 saturated carbocycles. The molecule has 0 atom stereocenters. The van der Waals surface area contributed by atoms with E-state index in [-0.39, 0.29) is 17.3 Å². The third-order valence-corrected chi connectivity index (χ3v) is 5.96. The molecule has 9 nitrogen and oxygen atoms in total. The molecule has 0 aliphatic heterocycles. The summed E-state index contributed by atoms with van der Waals surface area (Å²) in [4.78, 5) is 23.3. The first kappa shape index (κ1) is 23.3. The average molecular weight is 496 g/mol. The highest BCUT2D eigenvalue weighted by Gasteiger charge is 2.19. The minimum absolute atomic E-state index is 0.0492. The van der Waals surface area contributed by atoms with E-state index in [2.05, 4.69) is 15.5 Å². The van der Waals surface area contributed by atoms with Crippen LogP contribution in [-0.2, 0) is 4.79 Å². The Hall–Kier alpha value is -3.89. The second kappa shape index (κ2) is 10.4. The van der Waals surface area contributed by atoms with E-state index in [1.807, 2.05) is 30.3 Å². The molecule has 0 spiro atoms. The lowest BCUT2D eigenvalue weighted by Gasteiger charge is -2.11. The van der Waals surface area contributed by atoms with Crippen molar-refractivity contribution in [3.63, 3.8) is 0 Å². The number of thioether (sulfide) groups is 1. The molecule has 0 unspecified atom stereocenters. The number of non-ortho nitro benzene ring substituents is 1. The number of anilines is 1. The standard InChI is InChI=1S/C23H18ClN5O4S/c1-33-20-11-10-16(13-19(20)24)25-21(30)14-34-23-27-26-22(28(23)17-7-3-2-4-8-17)15-6-5-9-18(12-15)29(31)32/h2-13H,14H2,1H3,(H,25,30). The summed E-state index contributed by atoms with van der Waals surface area (Å²) in [6.45, 7) is 0. The van der Waals surface area contributed by atoms with Gasteiger partial charge in [-0.25, -0.2) is 0 Å². The number of nitro benzene ring substituents is 1. The Kier molecular flexibility index (Phi) is 7.09. The van der Waals surface area contributed by atoms with Crippen molar-refractivity contribution in [3.05, 3.63) is 87.9 Å². The van der Waals surface area contributed by atoms with Crippen LogP contribution >= 0.6 is 23.4 Å². The van der Waals surface area contributed by atoms with Crippen molar-refractivity contribution in [2.45, 2.75) is 5.16 Å². The fourth-order valence-electron chi connectivity index (χ4n) is 3.19. The summed E-state index contributed by atoms with van der Waals surface area (Å²) in [5, 5.41) is 23.4. The number of amides is 1. The van der Waals surface area contributed by atoms with Gasteiger partial charge in [0.25, 0.3) is 5.69 Å². The Morgan fingerprint density at radius 3 is 2.62 bits per heavy atom. The molecule has 0 fully saturated rings. The van der Waals surface area contributed by atoms with Crippen LogP contribution < -0.4 is 10.1 Å². The van der Waals surface area contributed by atoms with Gasteiger partial charge >= 0.3 is 0 Å². The van der Waals surface area contributed by atoms with Crippen molar-refractivity contribution in [1.82, 2.24) is 14.8 Å². The highest BCUT2D eigenvalue weighted by molar-refractivity contribution is 7.99. The van der Waals surface area contributed by atoms with Crippen LogP contribution in [0.4, 0.5) is 11.4 Å². The summed E-state index contributed by atoms with van der Waals surface area (Å²) in [6.07, 6.45) is 0. The molecular weight excluding hydrogens is 478 g/mol. The maximum Gasteiger partial charge on any atom is 0.270 e. The van der Waals surface area contributed by atoms with E-state index in [4.69, 9.17) is 16.3 Å². The lowest BCUT2D eigenvalue weighted by Crippen LogP contribution is -2.14. The molecule has 1 N–H and O–H groups in total. The van der Waals surface area contributed by atoms with Crippen LogP contribution in [0.5, 0.6) is 5.75 Å². The molecule has 3 aromatic carbocycles. The Morgan fingerprint density at radius 2 is 1.91 bits per heavy atom. The molecule has 11 heteroatoms. The number of aromatic nitrogens is 3. The summed E-state index contributed by atoms with van der Waals surface area (Å²) in [7, 11) is 1.51. The maximum atomic E-state index is 12.6. The number of hydrogen-bond acceptors (Lipinski definition) is 7. The normalized spacial score (nSPS) is 10.6. The molecule has 0 bridgehead atoms. The number of methoxy groups -OCH3 is 1. The topological polar surface area (TPSA) is 112 Å². The number of carbonyl (C=O) groups excluding carboxylic acids is 1. The number of para-hydroxylation sites is 1. The van der Waals surface area contributed by atoms with Gasteiger partial charge in [-0.15, -0.1) is 10.2 Å². The van der Waals surface area contributed by atoms with E-state index in [1.165, 1.54) is 31.0 Å². The molecule has 34 heavy (non-hydrogen) atoms. The number of carbonyl (C=O) groups is 1. The second-order valence-electron chi connectivity index (χ2n) is 6.97. The fourth-order valence-corrected chi connectivity index (χ4v) is 4.20. The molecule has 172 valence electrons. The number of nitrogens with zero attached hydrogens (tertiary/aromatic N) is 4. The van der Waals surface area contributed by atoms with Crippen molar-refractivity contribution < 1.29 is 14.5 Å². The van der Waals surface area contributed by atoms with Crippen molar-refractivity contribution in [3.8, 4) is 22.8 Å². The van der Waals surface area contributed by atoms with Gasteiger partial charge in [-0.1, -0.05) is 53.7 Å². The number of benzene rings is 3. The van der Waals surface area contributed by atoms with Crippen LogP contribution in [0.15, 0.2) is 78.0 Å². The predicted octanol–water partition coefficient (Wildman–Crippen LogP) is 5.24. The Bertz CT molecular complexity index is 1350. The first-order valence-electron chi connectivity index (χ1n) is 9.98. The number of ether oxygens (including phenoxy) is 1. The molecule has 1 aromatic heterocycles. The lowest BCUT2D eigenvalue weighted by molar-refractivity contribution is -0.384. The van der Waals surface area contributed by atoms with E-state index in [0.717, 1.165) is 5.69 Å². The number of hydrogen-bond donors (Lipinski definition) is 1. The zero-order valence-electron chi connectivity index (χ0n) is 17.8. The predicted molar refractivity (Wildman–Crippen MR) is 131 cm³/mol. The molecule has 0 aliphatic carbocycles. The number of nitrogens with one attached hydrogen (secondary N) is 1. The van der Waals surface area contributed by atoms with E-state index in [9.17, 15) is 14.9 Å². The van der Waals surface area contributed by atoms with Crippen LogP contribution in [0.25, 0.3) is 17.1 Å². The van der Waals surface area contributed by atoms with Crippen LogP contribution in [0, 0.1) is 10.1 Å². The first-order chi connectivity index (χ1) is 16.5. The van der Waals surface area contributed by atoms with Gasteiger partial charge in [-0.2, -0.15) is 0 Å². The van der Waals surface area contributed by atoms with E-state index >= 15 is 0 Å². The molecular formula is C23H18ClN5O4S. The molecule has 0 radical (unpaired) electrons. The highest BCUT2D eigenvalue weighted by Crippen LogP contribution is 2.30. The third-order valence-electron chi connectivity index (χ3n) is 4.73. The monoisotopic (exact) mass is 495 g/mol.